The van der Waals surface area contributed by atoms with Gasteiger partial charge in [0.15, 0.2) is 0 Å². The third-order valence-corrected chi connectivity index (χ3v) is 6.38. The highest BCUT2D eigenvalue weighted by atomic mass is 16.5. The smallest absolute Gasteiger partial charge is 0.253 e. The summed E-state index contributed by atoms with van der Waals surface area (Å²) in [6.45, 7) is 7.03. The molecule has 5 heteroatoms. The lowest BCUT2D eigenvalue weighted by atomic mass is 9.96. The normalized spacial score (nSPS) is 21.6. The number of ether oxygens (including phenoxy) is 1. The molecule has 0 radical (unpaired) electrons. The van der Waals surface area contributed by atoms with E-state index < -0.39 is 0 Å². The summed E-state index contributed by atoms with van der Waals surface area (Å²) in [4.78, 5) is 30.2. The number of amides is 2. The van der Waals surface area contributed by atoms with Gasteiger partial charge in [-0.15, -0.1) is 0 Å². The predicted octanol–water partition coefficient (Wildman–Crippen LogP) is 3.33. The van der Waals surface area contributed by atoms with Crippen LogP contribution in [0, 0.1) is 19.8 Å². The molecule has 0 N–H and O–H groups in total. The molecule has 1 saturated carbocycles. The third kappa shape index (κ3) is 4.24. The van der Waals surface area contributed by atoms with Crippen LogP contribution in [0.3, 0.4) is 0 Å². The molecule has 1 aromatic rings. The fourth-order valence-corrected chi connectivity index (χ4v) is 4.79. The first-order valence-corrected chi connectivity index (χ1v) is 10.8. The SMILES string of the molecule is Cc1cc(C)cc(C(=O)N2CCC(N(C(=O)C3CC3)C3CCOCC3)CC2)c1. The van der Waals surface area contributed by atoms with Gasteiger partial charge >= 0.3 is 0 Å². The predicted molar refractivity (Wildman–Crippen MR) is 108 cm³/mol. The largest absolute Gasteiger partial charge is 0.381 e. The van der Waals surface area contributed by atoms with Gasteiger partial charge in [-0.3, -0.25) is 9.59 Å². The van der Waals surface area contributed by atoms with Crippen LogP contribution in [0.25, 0.3) is 0 Å². The Morgan fingerprint density at radius 1 is 0.893 bits per heavy atom. The molecule has 2 saturated heterocycles. The number of hydrogen-bond acceptors (Lipinski definition) is 3. The molecule has 28 heavy (non-hydrogen) atoms. The van der Waals surface area contributed by atoms with E-state index in [9.17, 15) is 9.59 Å². The van der Waals surface area contributed by atoms with E-state index in [4.69, 9.17) is 4.74 Å². The molecule has 0 aromatic heterocycles. The molecule has 1 aliphatic carbocycles. The minimum atomic E-state index is 0.122. The number of hydrogen-bond donors (Lipinski definition) is 0. The first-order valence-electron chi connectivity index (χ1n) is 10.8. The minimum Gasteiger partial charge on any atom is -0.381 e. The van der Waals surface area contributed by atoms with Crippen molar-refractivity contribution in [3.8, 4) is 0 Å². The molecule has 0 bridgehead atoms. The van der Waals surface area contributed by atoms with Gasteiger partial charge in [-0.2, -0.15) is 0 Å². The molecule has 5 nitrogen and oxygen atoms in total. The second-order valence-electron chi connectivity index (χ2n) is 8.76. The molecule has 2 amide bonds. The average molecular weight is 385 g/mol. The second-order valence-corrected chi connectivity index (χ2v) is 8.76. The lowest BCUT2D eigenvalue weighted by Crippen LogP contribution is -2.54. The quantitative estimate of drug-likeness (QED) is 0.800. The van der Waals surface area contributed by atoms with Gasteiger partial charge in [0.05, 0.1) is 0 Å². The van der Waals surface area contributed by atoms with Gasteiger partial charge in [0, 0.05) is 49.9 Å². The van der Waals surface area contributed by atoms with Gasteiger partial charge < -0.3 is 14.5 Å². The standard InChI is InChI=1S/C23H32N2O3/c1-16-13-17(2)15-19(14-16)22(26)24-9-5-20(6-10-24)25(23(27)18-3-4-18)21-7-11-28-12-8-21/h13-15,18,20-21H,3-12H2,1-2H3. The zero-order valence-corrected chi connectivity index (χ0v) is 17.2. The maximum atomic E-state index is 13.0. The summed E-state index contributed by atoms with van der Waals surface area (Å²) in [5, 5.41) is 0. The van der Waals surface area contributed by atoms with Gasteiger partial charge in [-0.25, -0.2) is 0 Å². The Balaban J connectivity index is 1.42. The van der Waals surface area contributed by atoms with E-state index in [0.29, 0.717) is 11.9 Å². The van der Waals surface area contributed by atoms with Crippen LogP contribution >= 0.6 is 0 Å². The van der Waals surface area contributed by atoms with Gasteiger partial charge in [0.1, 0.15) is 0 Å². The molecule has 3 fully saturated rings. The monoisotopic (exact) mass is 384 g/mol. The highest BCUT2D eigenvalue weighted by Gasteiger charge is 2.41. The molecule has 0 atom stereocenters. The van der Waals surface area contributed by atoms with Crippen LogP contribution in [0.1, 0.15) is 60.0 Å². The van der Waals surface area contributed by atoms with Crippen molar-refractivity contribution in [3.05, 3.63) is 34.9 Å². The van der Waals surface area contributed by atoms with Crippen LogP contribution in [0.5, 0.6) is 0 Å². The molecular weight excluding hydrogens is 352 g/mol. The van der Waals surface area contributed by atoms with E-state index >= 15 is 0 Å². The number of benzene rings is 1. The van der Waals surface area contributed by atoms with Crippen molar-refractivity contribution < 1.29 is 14.3 Å². The summed E-state index contributed by atoms with van der Waals surface area (Å²) in [5.41, 5.74) is 3.03. The summed E-state index contributed by atoms with van der Waals surface area (Å²) in [7, 11) is 0. The van der Waals surface area contributed by atoms with E-state index in [1.807, 2.05) is 30.9 Å². The van der Waals surface area contributed by atoms with E-state index in [1.165, 1.54) is 0 Å². The molecule has 0 unspecified atom stereocenters. The van der Waals surface area contributed by atoms with Gasteiger partial charge in [-0.05, 0) is 64.5 Å². The maximum absolute atomic E-state index is 13.0. The Morgan fingerprint density at radius 2 is 1.46 bits per heavy atom. The fraction of sp³-hybridized carbons (Fsp3) is 0.652. The minimum absolute atomic E-state index is 0.122. The number of nitrogens with zero attached hydrogens (tertiary/aromatic N) is 2. The van der Waals surface area contributed by atoms with E-state index in [2.05, 4.69) is 11.0 Å². The summed E-state index contributed by atoms with van der Waals surface area (Å²) in [6.07, 6.45) is 5.74. The molecule has 2 aliphatic heterocycles. The van der Waals surface area contributed by atoms with Crippen molar-refractivity contribution in [2.75, 3.05) is 26.3 Å². The molecule has 4 rings (SSSR count). The van der Waals surface area contributed by atoms with E-state index in [0.717, 1.165) is 81.5 Å². The number of rotatable bonds is 4. The highest BCUT2D eigenvalue weighted by Crippen LogP contribution is 2.35. The first kappa shape index (κ1) is 19.4. The number of carbonyl (C=O) groups excluding carboxylic acids is 2. The molecular formula is C23H32N2O3. The van der Waals surface area contributed by atoms with Gasteiger partial charge in [0.25, 0.3) is 5.91 Å². The number of likely N-dealkylation sites (tertiary alicyclic amines) is 1. The first-order chi connectivity index (χ1) is 13.5. The Bertz CT molecular complexity index is 709. The van der Waals surface area contributed by atoms with Crippen molar-refractivity contribution in [2.45, 2.75) is 64.5 Å². The topological polar surface area (TPSA) is 49.9 Å². The van der Waals surface area contributed by atoms with Crippen LogP contribution in [0.2, 0.25) is 0 Å². The maximum Gasteiger partial charge on any atom is 0.253 e. The number of aryl methyl sites for hydroxylation is 2. The Hall–Kier alpha value is -1.88. The van der Waals surface area contributed by atoms with Crippen molar-refractivity contribution in [1.82, 2.24) is 9.80 Å². The second kappa shape index (κ2) is 8.24. The summed E-state index contributed by atoms with van der Waals surface area (Å²) >= 11 is 0. The van der Waals surface area contributed by atoms with Crippen molar-refractivity contribution in [3.63, 3.8) is 0 Å². The lowest BCUT2D eigenvalue weighted by molar-refractivity contribution is -0.141. The van der Waals surface area contributed by atoms with Gasteiger partial charge in [0.2, 0.25) is 5.91 Å². The lowest BCUT2D eigenvalue weighted by Gasteiger charge is -2.44. The van der Waals surface area contributed by atoms with Crippen molar-refractivity contribution in [2.24, 2.45) is 5.92 Å². The summed E-state index contributed by atoms with van der Waals surface area (Å²) < 4.78 is 5.52. The number of carbonyl (C=O) groups is 2. The molecule has 152 valence electrons. The van der Waals surface area contributed by atoms with Crippen molar-refractivity contribution in [1.29, 1.82) is 0 Å². The van der Waals surface area contributed by atoms with Crippen LogP contribution in [0.4, 0.5) is 0 Å². The Morgan fingerprint density at radius 3 is 2.04 bits per heavy atom. The molecule has 0 spiro atoms. The zero-order chi connectivity index (χ0) is 19.7. The van der Waals surface area contributed by atoms with E-state index in [1.54, 1.807) is 0 Å². The fourth-order valence-electron chi connectivity index (χ4n) is 4.79. The van der Waals surface area contributed by atoms with E-state index in [-0.39, 0.29) is 17.9 Å². The van der Waals surface area contributed by atoms with Crippen LogP contribution < -0.4 is 0 Å². The van der Waals surface area contributed by atoms with Crippen molar-refractivity contribution >= 4 is 11.8 Å². The van der Waals surface area contributed by atoms with Gasteiger partial charge in [-0.1, -0.05) is 17.2 Å². The summed E-state index contributed by atoms with van der Waals surface area (Å²) in [6, 6.07) is 6.63. The van der Waals surface area contributed by atoms with Crippen LogP contribution in [-0.2, 0) is 9.53 Å². The number of piperidine rings is 1. The third-order valence-electron chi connectivity index (χ3n) is 6.38. The highest BCUT2D eigenvalue weighted by molar-refractivity contribution is 5.94. The molecule has 1 aromatic carbocycles. The Labute approximate surface area is 168 Å². The van der Waals surface area contributed by atoms with Crippen LogP contribution in [0.15, 0.2) is 18.2 Å². The van der Waals surface area contributed by atoms with Crippen LogP contribution in [-0.4, -0.2) is 60.0 Å². The zero-order valence-electron chi connectivity index (χ0n) is 17.2. The Kier molecular flexibility index (Phi) is 5.72. The molecule has 3 aliphatic rings. The molecule has 2 heterocycles. The summed E-state index contributed by atoms with van der Waals surface area (Å²) in [5.74, 6) is 0.722. The average Bonchev–Trinajstić information content (AvgIpc) is 3.53.